The molecule has 0 atom stereocenters. The van der Waals surface area contributed by atoms with Crippen LogP contribution in [0.3, 0.4) is 0 Å². The van der Waals surface area contributed by atoms with Crippen LogP contribution in [-0.4, -0.2) is 42.0 Å². The highest BCUT2D eigenvalue weighted by molar-refractivity contribution is 7.21. The Balaban J connectivity index is 1.48. The van der Waals surface area contributed by atoms with Gasteiger partial charge in [-0.05, 0) is 41.3 Å². The number of thiophene rings is 1. The van der Waals surface area contributed by atoms with Gasteiger partial charge in [0.05, 0.1) is 5.69 Å². The number of hydrogen-bond donors (Lipinski definition) is 2. The van der Waals surface area contributed by atoms with Gasteiger partial charge in [-0.3, -0.25) is 4.79 Å². The molecule has 2 aromatic heterocycles. The second-order valence-electron chi connectivity index (χ2n) is 9.42. The molecular weight excluding hydrogens is 487 g/mol. The fourth-order valence-corrected chi connectivity index (χ4v) is 5.81. The van der Waals surface area contributed by atoms with Crippen molar-refractivity contribution >= 4 is 44.7 Å². The first kappa shape index (κ1) is 24.5. The number of nitrogen functional groups attached to an aromatic ring is 2. The van der Waals surface area contributed by atoms with Crippen LogP contribution in [0.5, 0.6) is 0 Å². The monoisotopic (exact) mass is 514 g/mol. The van der Waals surface area contributed by atoms with Crippen molar-refractivity contribution in [3.05, 3.63) is 70.4 Å². The number of nitrogens with zero attached hydrogens (tertiary/aromatic N) is 4. The van der Waals surface area contributed by atoms with Gasteiger partial charge in [0.15, 0.2) is 0 Å². The highest BCUT2D eigenvalue weighted by Crippen LogP contribution is 2.43. The number of carbonyl (C=O) groups is 1. The summed E-state index contributed by atoms with van der Waals surface area (Å²) in [5.74, 6) is 0.0383. The number of piperazine rings is 1. The van der Waals surface area contributed by atoms with Gasteiger partial charge in [0.25, 0.3) is 5.91 Å². The molecule has 1 aliphatic heterocycles. The molecular formula is C28H27FN6OS. The molecule has 3 heterocycles. The summed E-state index contributed by atoms with van der Waals surface area (Å²) in [5.41, 5.74) is 16.9. The van der Waals surface area contributed by atoms with Crippen molar-refractivity contribution in [3.63, 3.8) is 0 Å². The van der Waals surface area contributed by atoms with Crippen LogP contribution in [0.4, 0.5) is 21.6 Å². The molecule has 9 heteroatoms. The first-order chi connectivity index (χ1) is 17.8. The fraction of sp³-hybridized carbons (Fsp3) is 0.250. The molecule has 37 heavy (non-hydrogen) atoms. The Morgan fingerprint density at radius 3 is 2.30 bits per heavy atom. The molecule has 0 radical (unpaired) electrons. The number of amides is 1. The predicted octanol–water partition coefficient (Wildman–Crippen LogP) is 5.22. The maximum absolute atomic E-state index is 13.5. The molecule has 1 saturated heterocycles. The van der Waals surface area contributed by atoms with Crippen LogP contribution in [0.1, 0.15) is 40.6 Å². The van der Waals surface area contributed by atoms with Crippen LogP contribution >= 0.6 is 11.3 Å². The first-order valence-corrected chi connectivity index (χ1v) is 12.9. The zero-order valence-electron chi connectivity index (χ0n) is 20.7. The van der Waals surface area contributed by atoms with Crippen molar-refractivity contribution < 1.29 is 9.18 Å². The third-order valence-corrected chi connectivity index (χ3v) is 7.92. The number of nitrogens with two attached hydrogens (primary N) is 2. The molecule has 2 aromatic carbocycles. The topological polar surface area (TPSA) is 112 Å². The van der Waals surface area contributed by atoms with Crippen molar-refractivity contribution in [2.75, 3.05) is 42.5 Å². The van der Waals surface area contributed by atoms with Crippen LogP contribution in [-0.2, 0) is 0 Å². The third kappa shape index (κ3) is 4.45. The van der Waals surface area contributed by atoms with E-state index in [4.69, 9.17) is 11.5 Å². The minimum Gasteiger partial charge on any atom is -0.397 e. The molecule has 0 unspecified atom stereocenters. The fourth-order valence-electron chi connectivity index (χ4n) is 4.73. The summed E-state index contributed by atoms with van der Waals surface area (Å²) in [4.78, 5) is 22.8. The number of hydrogen-bond acceptors (Lipinski definition) is 7. The first-order valence-electron chi connectivity index (χ1n) is 12.1. The summed E-state index contributed by atoms with van der Waals surface area (Å²) in [6.45, 7) is 6.50. The quantitative estimate of drug-likeness (QED) is 0.386. The van der Waals surface area contributed by atoms with E-state index < -0.39 is 0 Å². The van der Waals surface area contributed by atoms with E-state index in [1.165, 1.54) is 29.0 Å². The van der Waals surface area contributed by atoms with E-state index in [2.05, 4.69) is 29.8 Å². The Kier molecular flexibility index (Phi) is 6.44. The molecule has 1 amide bonds. The number of halogens is 1. The van der Waals surface area contributed by atoms with E-state index in [1.807, 2.05) is 24.3 Å². The lowest BCUT2D eigenvalue weighted by molar-refractivity contribution is 0.0752. The van der Waals surface area contributed by atoms with Gasteiger partial charge in [-0.25, -0.2) is 9.37 Å². The molecule has 4 aromatic rings. The van der Waals surface area contributed by atoms with Crippen LogP contribution < -0.4 is 16.4 Å². The van der Waals surface area contributed by atoms with Gasteiger partial charge < -0.3 is 21.3 Å². The van der Waals surface area contributed by atoms with Crippen molar-refractivity contribution in [2.24, 2.45) is 0 Å². The maximum atomic E-state index is 13.5. The smallest absolute Gasteiger partial charge is 0.266 e. The molecule has 0 saturated carbocycles. The normalized spacial score (nSPS) is 13.8. The molecule has 4 N–H and O–H groups in total. The van der Waals surface area contributed by atoms with Crippen LogP contribution in [0, 0.1) is 17.1 Å². The van der Waals surface area contributed by atoms with Crippen molar-refractivity contribution in [1.29, 1.82) is 5.26 Å². The summed E-state index contributed by atoms with van der Waals surface area (Å²) in [6, 6.07) is 16.5. The zero-order valence-corrected chi connectivity index (χ0v) is 21.5. The largest absolute Gasteiger partial charge is 0.397 e. The number of rotatable bonds is 4. The lowest BCUT2D eigenvalue weighted by Gasteiger charge is -2.36. The number of fused-ring (bicyclic) bond motifs is 1. The minimum absolute atomic E-state index is 0.117. The average Bonchev–Trinajstić information content (AvgIpc) is 3.23. The predicted molar refractivity (Wildman–Crippen MR) is 147 cm³/mol. The Hall–Kier alpha value is -4.16. The SMILES string of the molecule is CC(C)c1ccc(-c2c(C#N)c(N)nc3sc(C(=O)N4CCN(c5ccc(F)cc5)CC4)c(N)c23)cc1. The zero-order chi connectivity index (χ0) is 26.3. The van der Waals surface area contributed by atoms with Gasteiger partial charge in [-0.1, -0.05) is 38.1 Å². The maximum Gasteiger partial charge on any atom is 0.266 e. The number of benzene rings is 2. The summed E-state index contributed by atoms with van der Waals surface area (Å²) in [6.07, 6.45) is 0. The number of aromatic nitrogens is 1. The minimum atomic E-state index is -0.276. The second-order valence-corrected chi connectivity index (χ2v) is 10.4. The molecule has 1 aliphatic rings. The van der Waals surface area contributed by atoms with Gasteiger partial charge in [0.2, 0.25) is 0 Å². The molecule has 188 valence electrons. The average molecular weight is 515 g/mol. The van der Waals surface area contributed by atoms with E-state index in [0.717, 1.165) is 11.3 Å². The van der Waals surface area contributed by atoms with E-state index in [1.54, 1.807) is 17.0 Å². The van der Waals surface area contributed by atoms with Crippen LogP contribution in [0.15, 0.2) is 48.5 Å². The standard InChI is InChI=1S/C28H27FN6OS/c1-16(2)17-3-5-18(6-4-17)22-21(15-30)26(32)33-27-23(22)24(31)25(37-27)28(36)35-13-11-34(12-14-35)20-9-7-19(29)8-10-20/h3-10,16H,11-14,31H2,1-2H3,(H2,32,33). The molecule has 1 fully saturated rings. The molecule has 5 rings (SSSR count). The van der Waals surface area contributed by atoms with Crippen molar-refractivity contribution in [3.8, 4) is 17.2 Å². The van der Waals surface area contributed by atoms with Crippen molar-refractivity contribution in [1.82, 2.24) is 9.88 Å². The highest BCUT2D eigenvalue weighted by atomic mass is 32.1. The Morgan fingerprint density at radius 1 is 1.05 bits per heavy atom. The Labute approximate surface area is 218 Å². The van der Waals surface area contributed by atoms with E-state index in [9.17, 15) is 14.4 Å². The van der Waals surface area contributed by atoms with Gasteiger partial charge in [0, 0.05) is 42.8 Å². The number of pyridine rings is 1. The van der Waals surface area contributed by atoms with Crippen LogP contribution in [0.25, 0.3) is 21.3 Å². The van der Waals surface area contributed by atoms with E-state index in [-0.39, 0.29) is 23.1 Å². The number of anilines is 3. The summed E-state index contributed by atoms with van der Waals surface area (Å²) >= 11 is 1.20. The molecule has 0 aliphatic carbocycles. The van der Waals surface area contributed by atoms with Gasteiger partial charge in [-0.15, -0.1) is 11.3 Å². The van der Waals surface area contributed by atoms with Crippen molar-refractivity contribution in [2.45, 2.75) is 19.8 Å². The van der Waals surface area contributed by atoms with E-state index >= 15 is 0 Å². The molecule has 7 nitrogen and oxygen atoms in total. The van der Waals surface area contributed by atoms with Gasteiger partial charge in [0.1, 0.15) is 33.0 Å². The number of nitriles is 1. The summed E-state index contributed by atoms with van der Waals surface area (Å²) in [7, 11) is 0. The molecule has 0 bridgehead atoms. The Morgan fingerprint density at radius 2 is 1.70 bits per heavy atom. The lowest BCUT2D eigenvalue weighted by atomic mass is 9.94. The second kappa shape index (κ2) is 9.71. The lowest BCUT2D eigenvalue weighted by Crippen LogP contribution is -2.48. The highest BCUT2D eigenvalue weighted by Gasteiger charge is 2.29. The van der Waals surface area contributed by atoms with E-state index in [0.29, 0.717) is 58.4 Å². The molecule has 0 spiro atoms. The number of carbonyl (C=O) groups excluding carboxylic acids is 1. The van der Waals surface area contributed by atoms with Crippen LogP contribution in [0.2, 0.25) is 0 Å². The summed E-state index contributed by atoms with van der Waals surface area (Å²) in [5, 5.41) is 10.5. The van der Waals surface area contributed by atoms with Gasteiger partial charge >= 0.3 is 0 Å². The Bertz CT molecular complexity index is 1510. The third-order valence-electron chi connectivity index (χ3n) is 6.84. The summed E-state index contributed by atoms with van der Waals surface area (Å²) < 4.78 is 13.3. The van der Waals surface area contributed by atoms with Gasteiger partial charge in [-0.2, -0.15) is 5.26 Å².